The van der Waals surface area contributed by atoms with Gasteiger partial charge in [-0.1, -0.05) is 0 Å². The van der Waals surface area contributed by atoms with E-state index >= 15 is 0 Å². The molecule has 0 nitrogen and oxygen atoms in total. The second-order valence-electron chi connectivity index (χ2n) is 2.76. The molecule has 9 heavy (non-hydrogen) atoms. The van der Waals surface area contributed by atoms with Crippen molar-refractivity contribution in [3.8, 4) is 0 Å². The molecule has 0 aliphatic rings. The van der Waals surface area contributed by atoms with Crippen molar-refractivity contribution >= 4 is 4.23 Å². The van der Waals surface area contributed by atoms with Gasteiger partial charge in [-0.2, -0.15) is 0 Å². The van der Waals surface area contributed by atoms with Crippen molar-refractivity contribution in [2.75, 3.05) is 0 Å². The van der Waals surface area contributed by atoms with Gasteiger partial charge in [0.15, 0.2) is 0 Å². The second-order valence-corrected chi connectivity index (χ2v) is 3.40. The third-order valence-corrected chi connectivity index (χ3v) is 2.75. The molecule has 1 heteroatoms. The molecule has 0 rings (SSSR count). The van der Waals surface area contributed by atoms with Gasteiger partial charge >= 0.3 is 69.6 Å². The maximum absolute atomic E-state index is 2.26. The van der Waals surface area contributed by atoms with Gasteiger partial charge in [-0.25, -0.2) is 0 Å². The Hall–Kier alpha value is 0.350. The van der Waals surface area contributed by atoms with E-state index in [4.69, 9.17) is 0 Å². The molecular formula is C8H14Nb. The first-order chi connectivity index (χ1) is 4.12. The summed E-state index contributed by atoms with van der Waals surface area (Å²) in [6.07, 6.45) is 5.61. The SMILES string of the molecule is CC/C=C\C(C)(C)[CH]=[Nb]. The van der Waals surface area contributed by atoms with Gasteiger partial charge in [0.1, 0.15) is 0 Å². The summed E-state index contributed by atoms with van der Waals surface area (Å²) in [5, 5.41) is 0. The fraction of sp³-hybridized carbons (Fsp3) is 0.625. The summed E-state index contributed by atoms with van der Waals surface area (Å²) in [4.78, 5) is 0. The van der Waals surface area contributed by atoms with Gasteiger partial charge in [-0.3, -0.25) is 0 Å². The molecule has 0 aliphatic carbocycles. The summed E-state index contributed by atoms with van der Waals surface area (Å²) in [5.74, 6) is 0. The molecular weight excluding hydrogens is 189 g/mol. The maximum atomic E-state index is 2.26. The predicted molar refractivity (Wildman–Crippen MR) is 39.3 cm³/mol. The monoisotopic (exact) mass is 203 g/mol. The van der Waals surface area contributed by atoms with Crippen molar-refractivity contribution in [1.82, 2.24) is 0 Å². The number of hydrogen-bond acceptors (Lipinski definition) is 0. The Morgan fingerprint density at radius 3 is 2.33 bits per heavy atom. The van der Waals surface area contributed by atoms with E-state index < -0.39 is 0 Å². The molecule has 0 fully saturated rings. The van der Waals surface area contributed by atoms with Crippen LogP contribution in [0.4, 0.5) is 0 Å². The summed E-state index contributed by atoms with van der Waals surface area (Å²) in [6.45, 7) is 6.60. The van der Waals surface area contributed by atoms with E-state index in [1.54, 1.807) is 20.6 Å². The zero-order valence-corrected chi connectivity index (χ0v) is 8.58. The van der Waals surface area contributed by atoms with Crippen molar-refractivity contribution in [3.05, 3.63) is 12.2 Å². The average molecular weight is 203 g/mol. The van der Waals surface area contributed by atoms with Crippen LogP contribution in [0, 0.1) is 5.41 Å². The summed E-state index contributed by atoms with van der Waals surface area (Å²) < 4.78 is 2.26. The third kappa shape index (κ3) is 4.83. The standard InChI is InChI=1S/C8H14.Nb/c1-5-6-7-8(2,3)4;/h2,6-7H,5H2,1,3-4H3;/b7-6-;. The van der Waals surface area contributed by atoms with Crippen LogP contribution >= 0.6 is 0 Å². The molecule has 0 saturated heterocycles. The average Bonchev–Trinajstić information content (AvgIpc) is 1.84. The van der Waals surface area contributed by atoms with Crippen LogP contribution in [0.3, 0.4) is 0 Å². The molecule has 0 bridgehead atoms. The van der Waals surface area contributed by atoms with Crippen molar-refractivity contribution in [2.45, 2.75) is 27.2 Å². The van der Waals surface area contributed by atoms with Crippen molar-refractivity contribution < 1.29 is 20.6 Å². The van der Waals surface area contributed by atoms with Crippen LogP contribution < -0.4 is 0 Å². The van der Waals surface area contributed by atoms with Crippen LogP contribution in [0.25, 0.3) is 0 Å². The molecule has 0 unspecified atom stereocenters. The summed E-state index contributed by atoms with van der Waals surface area (Å²) >= 11 is 1.77. The Labute approximate surface area is 69.8 Å². The van der Waals surface area contributed by atoms with E-state index in [-0.39, 0.29) is 0 Å². The molecule has 0 atom stereocenters. The van der Waals surface area contributed by atoms with Gasteiger partial charge in [-0.05, 0) is 0 Å². The molecule has 0 aromatic carbocycles. The molecule has 0 saturated carbocycles. The van der Waals surface area contributed by atoms with Gasteiger partial charge in [0.2, 0.25) is 0 Å². The Kier molecular flexibility index (Phi) is 4.38. The van der Waals surface area contributed by atoms with Crippen LogP contribution in [-0.4, -0.2) is 4.23 Å². The third-order valence-electron chi connectivity index (χ3n) is 1.12. The van der Waals surface area contributed by atoms with Crippen LogP contribution in [0.5, 0.6) is 0 Å². The molecule has 0 amide bonds. The van der Waals surface area contributed by atoms with E-state index in [9.17, 15) is 0 Å². The number of hydrogen-bond donors (Lipinski definition) is 0. The topological polar surface area (TPSA) is 0 Å². The molecule has 0 aromatic rings. The molecule has 0 N–H and O–H groups in total. The van der Waals surface area contributed by atoms with Crippen LogP contribution in [0.15, 0.2) is 12.2 Å². The number of rotatable bonds is 3. The fourth-order valence-corrected chi connectivity index (χ4v) is 0.676. The minimum absolute atomic E-state index is 0.310. The quantitative estimate of drug-likeness (QED) is 0.487. The molecule has 0 radical (unpaired) electrons. The van der Waals surface area contributed by atoms with Crippen molar-refractivity contribution in [1.29, 1.82) is 0 Å². The minimum atomic E-state index is 0.310. The van der Waals surface area contributed by atoms with Crippen LogP contribution in [-0.2, 0) is 20.6 Å². The molecule has 0 aromatic heterocycles. The first kappa shape index (κ1) is 9.35. The second kappa shape index (κ2) is 4.21. The zero-order chi connectivity index (χ0) is 7.33. The van der Waals surface area contributed by atoms with Crippen molar-refractivity contribution in [2.24, 2.45) is 5.41 Å². The van der Waals surface area contributed by atoms with Gasteiger partial charge in [0, 0.05) is 0 Å². The van der Waals surface area contributed by atoms with Gasteiger partial charge < -0.3 is 0 Å². The van der Waals surface area contributed by atoms with Gasteiger partial charge in [0.05, 0.1) is 0 Å². The van der Waals surface area contributed by atoms with Gasteiger partial charge in [-0.15, -0.1) is 0 Å². The summed E-state index contributed by atoms with van der Waals surface area (Å²) in [6, 6.07) is 0. The Balaban J connectivity index is 3.84. The molecule has 51 valence electrons. The number of allylic oxidation sites excluding steroid dienone is 2. The Morgan fingerprint density at radius 2 is 2.00 bits per heavy atom. The van der Waals surface area contributed by atoms with E-state index in [1.807, 2.05) is 0 Å². The molecule has 0 spiro atoms. The van der Waals surface area contributed by atoms with Crippen molar-refractivity contribution in [3.63, 3.8) is 0 Å². The molecule has 0 heterocycles. The van der Waals surface area contributed by atoms with Gasteiger partial charge in [0.25, 0.3) is 0 Å². The van der Waals surface area contributed by atoms with Crippen LogP contribution in [0.2, 0.25) is 0 Å². The molecule has 0 aliphatic heterocycles. The van der Waals surface area contributed by atoms with E-state index in [1.165, 1.54) is 0 Å². The Morgan fingerprint density at radius 1 is 1.44 bits per heavy atom. The predicted octanol–water partition coefficient (Wildman–Crippen LogP) is 2.33. The first-order valence-corrected chi connectivity index (χ1v) is 4.55. The van der Waals surface area contributed by atoms with E-state index in [0.717, 1.165) is 6.42 Å². The summed E-state index contributed by atoms with van der Waals surface area (Å²) in [7, 11) is 0. The first-order valence-electron chi connectivity index (χ1n) is 3.28. The Bertz CT molecular complexity index is 112. The summed E-state index contributed by atoms with van der Waals surface area (Å²) in [5.41, 5.74) is 0.310. The normalized spacial score (nSPS) is 12.2. The van der Waals surface area contributed by atoms with E-state index in [0.29, 0.717) is 5.41 Å². The zero-order valence-electron chi connectivity index (χ0n) is 6.39. The van der Waals surface area contributed by atoms with Crippen LogP contribution in [0.1, 0.15) is 27.2 Å². The fourth-order valence-electron chi connectivity index (χ4n) is 0.465. The van der Waals surface area contributed by atoms with E-state index in [2.05, 4.69) is 37.1 Å².